The maximum absolute atomic E-state index is 12.7. The Hall–Kier alpha value is -2.61. The van der Waals surface area contributed by atoms with Gasteiger partial charge in [-0.1, -0.05) is 109 Å². The monoisotopic (exact) mass is 576 g/mol. The molecule has 1 atom stereocenters. The predicted octanol–water partition coefficient (Wildman–Crippen LogP) is 12.8. The summed E-state index contributed by atoms with van der Waals surface area (Å²) in [6.45, 7) is 15.1. The second-order valence-corrected chi connectivity index (χ2v) is 11.9. The van der Waals surface area contributed by atoms with E-state index in [0.717, 1.165) is 64.2 Å². The molecule has 42 heavy (non-hydrogen) atoms. The quantitative estimate of drug-likeness (QED) is 0.0649. The van der Waals surface area contributed by atoms with Crippen LogP contribution in [0.1, 0.15) is 145 Å². The van der Waals surface area contributed by atoms with Crippen LogP contribution in [0.4, 0.5) is 0 Å². The first-order valence-electron chi connectivity index (χ1n) is 16.6. The van der Waals surface area contributed by atoms with Crippen molar-refractivity contribution in [1.29, 1.82) is 0 Å². The summed E-state index contributed by atoms with van der Waals surface area (Å²) in [5, 5.41) is 0. The van der Waals surface area contributed by atoms with Gasteiger partial charge in [0.25, 0.3) is 0 Å². The molecular formula is C40H64O2. The molecule has 0 aliphatic heterocycles. The molecule has 2 heteroatoms. The molecule has 0 heterocycles. The molecule has 0 spiro atoms. The van der Waals surface area contributed by atoms with Crippen molar-refractivity contribution in [1.82, 2.24) is 0 Å². The van der Waals surface area contributed by atoms with Crippen molar-refractivity contribution in [2.24, 2.45) is 0 Å². The second kappa shape index (κ2) is 28.5. The van der Waals surface area contributed by atoms with Crippen molar-refractivity contribution in [2.75, 3.05) is 0 Å². The molecule has 236 valence electrons. The first kappa shape index (κ1) is 39.4. The van der Waals surface area contributed by atoms with E-state index in [0.29, 0.717) is 6.42 Å². The van der Waals surface area contributed by atoms with E-state index in [9.17, 15) is 4.79 Å². The Morgan fingerprint density at radius 3 is 1.60 bits per heavy atom. The molecule has 0 rings (SSSR count). The number of allylic oxidation sites excluding steroid dienone is 14. The maximum Gasteiger partial charge on any atom is 0.306 e. The molecule has 0 N–H and O–H groups in total. The molecule has 0 aromatic carbocycles. The minimum absolute atomic E-state index is 0.0974. The molecule has 0 aromatic heterocycles. The highest BCUT2D eigenvalue weighted by Gasteiger charge is 2.11. The summed E-state index contributed by atoms with van der Waals surface area (Å²) in [5.41, 5.74) is 5.33. The zero-order valence-electron chi connectivity index (χ0n) is 28.4. The molecule has 0 aliphatic carbocycles. The third-order valence-electron chi connectivity index (χ3n) is 6.84. The number of esters is 1. The number of rotatable bonds is 24. The van der Waals surface area contributed by atoms with E-state index in [1.165, 1.54) is 48.0 Å². The van der Waals surface area contributed by atoms with Crippen molar-refractivity contribution < 1.29 is 9.53 Å². The molecule has 0 bridgehead atoms. The molecule has 0 aliphatic rings. The van der Waals surface area contributed by atoms with Crippen molar-refractivity contribution in [2.45, 2.75) is 151 Å². The standard InChI is InChI=1S/C40H64O2/c1-8-9-10-11-12-13-14-15-16-17-18-19-20-21-22-23-24-31-40(41)42-39(34-38(7)30-26-28-36(4)5)33-32-37(6)29-25-27-35(2)3/h12-13,15-16,18-19,21-22,27-28,32,34,39H,8-11,14,17,20,23-26,29-31,33H2,1-7H3/b13-12?,16-15?,19-18?,22-21?,37-32+,38-34+. The predicted molar refractivity (Wildman–Crippen MR) is 188 cm³/mol. The van der Waals surface area contributed by atoms with Crippen molar-refractivity contribution in [3.63, 3.8) is 0 Å². The van der Waals surface area contributed by atoms with E-state index in [1.54, 1.807) is 0 Å². The number of unbranched alkanes of at least 4 members (excludes halogenated alkanes) is 4. The molecule has 0 amide bonds. The molecule has 2 nitrogen and oxygen atoms in total. The van der Waals surface area contributed by atoms with Crippen LogP contribution in [0.5, 0.6) is 0 Å². The number of ether oxygens (including phenoxy) is 1. The Labute approximate surface area is 261 Å². The fourth-order valence-electron chi connectivity index (χ4n) is 4.30. The minimum Gasteiger partial charge on any atom is -0.458 e. The zero-order chi connectivity index (χ0) is 31.3. The van der Waals surface area contributed by atoms with Crippen molar-refractivity contribution in [3.8, 4) is 0 Å². The first-order chi connectivity index (χ1) is 20.2. The lowest BCUT2D eigenvalue weighted by Crippen LogP contribution is -2.16. The van der Waals surface area contributed by atoms with Gasteiger partial charge in [-0.3, -0.25) is 4.79 Å². The van der Waals surface area contributed by atoms with Gasteiger partial charge in [-0.25, -0.2) is 0 Å². The van der Waals surface area contributed by atoms with Gasteiger partial charge in [0.2, 0.25) is 0 Å². The molecule has 0 aromatic rings. The van der Waals surface area contributed by atoms with Gasteiger partial charge >= 0.3 is 5.97 Å². The highest BCUT2D eigenvalue weighted by atomic mass is 16.5. The summed E-state index contributed by atoms with van der Waals surface area (Å²) in [7, 11) is 0. The third-order valence-corrected chi connectivity index (χ3v) is 6.84. The van der Waals surface area contributed by atoms with Gasteiger partial charge in [-0.15, -0.1) is 0 Å². The fourth-order valence-corrected chi connectivity index (χ4v) is 4.30. The summed E-state index contributed by atoms with van der Waals surface area (Å²) in [4.78, 5) is 12.7. The lowest BCUT2D eigenvalue weighted by atomic mass is 10.0. The lowest BCUT2D eigenvalue weighted by molar-refractivity contribution is -0.146. The first-order valence-corrected chi connectivity index (χ1v) is 16.6. The molecule has 1 unspecified atom stereocenters. The Morgan fingerprint density at radius 2 is 1.07 bits per heavy atom. The second-order valence-electron chi connectivity index (χ2n) is 11.9. The van der Waals surface area contributed by atoms with E-state index < -0.39 is 0 Å². The number of carbonyl (C=O) groups excluding carboxylic acids is 1. The number of carbonyl (C=O) groups is 1. The zero-order valence-corrected chi connectivity index (χ0v) is 28.4. The van der Waals surface area contributed by atoms with Crippen molar-refractivity contribution in [3.05, 3.63) is 95.2 Å². The van der Waals surface area contributed by atoms with Crippen LogP contribution in [0.25, 0.3) is 0 Å². The van der Waals surface area contributed by atoms with Gasteiger partial charge in [0, 0.05) is 12.8 Å². The lowest BCUT2D eigenvalue weighted by Gasteiger charge is -2.15. The van der Waals surface area contributed by atoms with Crippen LogP contribution in [0, 0.1) is 0 Å². The third kappa shape index (κ3) is 28.9. The van der Waals surface area contributed by atoms with Crippen LogP contribution in [-0.4, -0.2) is 12.1 Å². The number of hydrogen-bond donors (Lipinski definition) is 0. The number of hydrogen-bond acceptors (Lipinski definition) is 2. The average Bonchev–Trinajstić information content (AvgIpc) is 2.93. The van der Waals surface area contributed by atoms with Gasteiger partial charge in [-0.2, -0.15) is 0 Å². The van der Waals surface area contributed by atoms with Crippen LogP contribution in [0.15, 0.2) is 95.2 Å². The summed E-state index contributed by atoms with van der Waals surface area (Å²) in [6.07, 6.45) is 41.7. The van der Waals surface area contributed by atoms with Crippen LogP contribution in [0.2, 0.25) is 0 Å². The Kier molecular flexibility index (Phi) is 26.7. The van der Waals surface area contributed by atoms with Gasteiger partial charge < -0.3 is 4.74 Å². The van der Waals surface area contributed by atoms with E-state index in [-0.39, 0.29) is 12.1 Å². The van der Waals surface area contributed by atoms with E-state index in [2.05, 4.69) is 121 Å². The maximum atomic E-state index is 12.7. The highest BCUT2D eigenvalue weighted by Crippen LogP contribution is 2.16. The van der Waals surface area contributed by atoms with E-state index in [4.69, 9.17) is 4.74 Å². The minimum atomic E-state index is -0.195. The van der Waals surface area contributed by atoms with Gasteiger partial charge in [0.05, 0.1) is 0 Å². The Balaban J connectivity index is 4.49. The smallest absolute Gasteiger partial charge is 0.306 e. The van der Waals surface area contributed by atoms with Crippen LogP contribution in [-0.2, 0) is 9.53 Å². The Morgan fingerprint density at radius 1 is 0.571 bits per heavy atom. The Bertz CT molecular complexity index is 925. The average molecular weight is 577 g/mol. The van der Waals surface area contributed by atoms with Crippen LogP contribution >= 0.6 is 0 Å². The molecule has 0 fully saturated rings. The van der Waals surface area contributed by atoms with Gasteiger partial charge in [-0.05, 0) is 118 Å². The largest absolute Gasteiger partial charge is 0.458 e. The van der Waals surface area contributed by atoms with E-state index >= 15 is 0 Å². The summed E-state index contributed by atoms with van der Waals surface area (Å²) < 4.78 is 5.94. The fraction of sp³-hybridized carbons (Fsp3) is 0.575. The molecule has 0 saturated heterocycles. The summed E-state index contributed by atoms with van der Waals surface area (Å²) >= 11 is 0. The SMILES string of the molecule is CCCCCC=CCC=CCC=CCC=CCCCC(=O)OC(/C=C(\C)CCC=C(C)C)C/C=C(\C)CCC=C(C)C. The van der Waals surface area contributed by atoms with Crippen LogP contribution < -0.4 is 0 Å². The summed E-state index contributed by atoms with van der Waals surface area (Å²) in [5.74, 6) is -0.0974. The van der Waals surface area contributed by atoms with Gasteiger partial charge in [0.15, 0.2) is 0 Å². The van der Waals surface area contributed by atoms with Crippen molar-refractivity contribution >= 4 is 5.97 Å². The normalized spacial score (nSPS) is 13.5. The van der Waals surface area contributed by atoms with E-state index in [1.807, 2.05) is 0 Å². The summed E-state index contributed by atoms with van der Waals surface area (Å²) in [6, 6.07) is 0. The van der Waals surface area contributed by atoms with Gasteiger partial charge in [0.1, 0.15) is 6.10 Å². The molecular weight excluding hydrogens is 512 g/mol. The topological polar surface area (TPSA) is 26.3 Å². The molecule has 0 radical (unpaired) electrons. The van der Waals surface area contributed by atoms with Crippen LogP contribution in [0.3, 0.4) is 0 Å². The molecule has 0 saturated carbocycles. The highest BCUT2D eigenvalue weighted by molar-refractivity contribution is 5.69.